The lowest BCUT2D eigenvalue weighted by molar-refractivity contribution is -0.129. The van der Waals surface area contributed by atoms with Crippen LogP contribution in [0, 0.1) is 0 Å². The van der Waals surface area contributed by atoms with Gasteiger partial charge < -0.3 is 15.4 Å². The van der Waals surface area contributed by atoms with E-state index in [-0.39, 0.29) is 18.0 Å². The molecule has 0 bridgehead atoms. The van der Waals surface area contributed by atoms with E-state index in [1.165, 1.54) is 6.20 Å². The van der Waals surface area contributed by atoms with Gasteiger partial charge in [0.1, 0.15) is 5.82 Å². The molecule has 0 radical (unpaired) electrons. The summed E-state index contributed by atoms with van der Waals surface area (Å²) in [5.74, 6) is -0.0810. The second-order valence-electron chi connectivity index (χ2n) is 6.27. The minimum Gasteiger partial charge on any atom is -0.449 e. The summed E-state index contributed by atoms with van der Waals surface area (Å²) in [6.45, 7) is 5.60. The summed E-state index contributed by atoms with van der Waals surface area (Å²) in [6.07, 6.45) is 4.93. The highest BCUT2D eigenvalue weighted by Gasteiger charge is 2.23. The number of nitrogens with one attached hydrogen (secondary N) is 2. The molecule has 0 spiro atoms. The zero-order valence-corrected chi connectivity index (χ0v) is 14.0. The minimum atomic E-state index is -0.809. The lowest BCUT2D eigenvalue weighted by atomic mass is 10.2. The SMILES string of the molecule is CC(C)Nc1ccc(C(=O)OC(C)C(=O)NC2CCCC2)cn1. The van der Waals surface area contributed by atoms with Crippen LogP contribution in [0.5, 0.6) is 0 Å². The Morgan fingerprint density at radius 3 is 2.48 bits per heavy atom. The molecular weight excluding hydrogens is 294 g/mol. The molecule has 1 heterocycles. The molecule has 0 aliphatic heterocycles. The molecule has 1 amide bonds. The molecule has 1 aromatic rings. The average molecular weight is 319 g/mol. The molecule has 1 saturated carbocycles. The molecule has 23 heavy (non-hydrogen) atoms. The van der Waals surface area contributed by atoms with Gasteiger partial charge in [0.25, 0.3) is 5.91 Å². The number of ether oxygens (including phenoxy) is 1. The van der Waals surface area contributed by atoms with Crippen molar-refractivity contribution >= 4 is 17.7 Å². The second-order valence-corrected chi connectivity index (χ2v) is 6.27. The molecule has 6 nitrogen and oxygen atoms in total. The van der Waals surface area contributed by atoms with Crippen LogP contribution >= 0.6 is 0 Å². The molecule has 2 N–H and O–H groups in total. The van der Waals surface area contributed by atoms with Crippen molar-refractivity contribution in [2.75, 3.05) is 5.32 Å². The van der Waals surface area contributed by atoms with Crippen LogP contribution in [0.25, 0.3) is 0 Å². The maximum absolute atomic E-state index is 12.1. The maximum Gasteiger partial charge on any atom is 0.340 e. The Morgan fingerprint density at radius 1 is 1.22 bits per heavy atom. The number of rotatable bonds is 6. The monoisotopic (exact) mass is 319 g/mol. The third-order valence-electron chi connectivity index (χ3n) is 3.79. The highest BCUT2D eigenvalue weighted by Crippen LogP contribution is 2.18. The molecule has 1 unspecified atom stereocenters. The van der Waals surface area contributed by atoms with E-state index in [4.69, 9.17) is 4.74 Å². The lowest BCUT2D eigenvalue weighted by Crippen LogP contribution is -2.40. The standard InChI is InChI=1S/C17H25N3O3/c1-11(2)19-15-9-8-13(10-18-15)17(22)23-12(3)16(21)20-14-6-4-5-7-14/h8-12,14H,4-7H2,1-3H3,(H,18,19)(H,20,21). The second kappa shape index (κ2) is 7.94. The summed E-state index contributed by atoms with van der Waals surface area (Å²) in [5, 5.41) is 6.07. The summed E-state index contributed by atoms with van der Waals surface area (Å²) < 4.78 is 5.22. The third kappa shape index (κ3) is 5.23. The molecule has 2 rings (SSSR count). The number of esters is 1. The molecule has 6 heteroatoms. The zero-order valence-electron chi connectivity index (χ0n) is 14.0. The Morgan fingerprint density at radius 2 is 1.91 bits per heavy atom. The highest BCUT2D eigenvalue weighted by molar-refractivity contribution is 5.92. The van der Waals surface area contributed by atoms with E-state index in [2.05, 4.69) is 15.6 Å². The first-order chi connectivity index (χ1) is 11.0. The molecule has 1 aliphatic carbocycles. The quantitative estimate of drug-likeness (QED) is 0.788. The van der Waals surface area contributed by atoms with E-state index in [0.29, 0.717) is 11.4 Å². The van der Waals surface area contributed by atoms with Gasteiger partial charge in [-0.15, -0.1) is 0 Å². The largest absolute Gasteiger partial charge is 0.449 e. The van der Waals surface area contributed by atoms with Crippen LogP contribution < -0.4 is 10.6 Å². The maximum atomic E-state index is 12.1. The van der Waals surface area contributed by atoms with E-state index >= 15 is 0 Å². The molecule has 1 fully saturated rings. The molecule has 0 aromatic carbocycles. The fourth-order valence-corrected chi connectivity index (χ4v) is 2.57. The Bertz CT molecular complexity index is 537. The van der Waals surface area contributed by atoms with Gasteiger partial charge in [0, 0.05) is 18.3 Å². The fourth-order valence-electron chi connectivity index (χ4n) is 2.57. The summed E-state index contributed by atoms with van der Waals surface area (Å²) >= 11 is 0. The zero-order chi connectivity index (χ0) is 16.8. The Labute approximate surface area is 137 Å². The lowest BCUT2D eigenvalue weighted by Gasteiger charge is -2.17. The molecule has 1 aliphatic rings. The summed E-state index contributed by atoms with van der Waals surface area (Å²) in [5.41, 5.74) is 0.333. The van der Waals surface area contributed by atoms with Gasteiger partial charge in [-0.05, 0) is 45.7 Å². The molecular formula is C17H25N3O3. The summed E-state index contributed by atoms with van der Waals surface area (Å²) in [7, 11) is 0. The number of hydrogen-bond acceptors (Lipinski definition) is 5. The summed E-state index contributed by atoms with van der Waals surface area (Å²) in [4.78, 5) is 28.3. The Balaban J connectivity index is 1.86. The molecule has 0 saturated heterocycles. The number of anilines is 1. The van der Waals surface area contributed by atoms with E-state index in [1.807, 2.05) is 13.8 Å². The van der Waals surface area contributed by atoms with Gasteiger partial charge in [-0.1, -0.05) is 12.8 Å². The van der Waals surface area contributed by atoms with Gasteiger partial charge in [-0.25, -0.2) is 9.78 Å². The predicted molar refractivity (Wildman–Crippen MR) is 88.3 cm³/mol. The van der Waals surface area contributed by atoms with Crippen molar-refractivity contribution in [3.63, 3.8) is 0 Å². The number of carbonyl (C=O) groups excluding carboxylic acids is 2. The van der Waals surface area contributed by atoms with Crippen LogP contribution in [-0.2, 0) is 9.53 Å². The molecule has 126 valence electrons. The van der Waals surface area contributed by atoms with Crippen molar-refractivity contribution in [1.29, 1.82) is 0 Å². The van der Waals surface area contributed by atoms with Gasteiger partial charge >= 0.3 is 5.97 Å². The molecule has 1 aromatic heterocycles. The number of pyridine rings is 1. The van der Waals surface area contributed by atoms with Crippen LogP contribution in [0.3, 0.4) is 0 Å². The smallest absolute Gasteiger partial charge is 0.340 e. The van der Waals surface area contributed by atoms with Crippen LogP contribution in [0.1, 0.15) is 56.8 Å². The van der Waals surface area contributed by atoms with Crippen molar-refractivity contribution < 1.29 is 14.3 Å². The van der Waals surface area contributed by atoms with Gasteiger partial charge in [-0.3, -0.25) is 4.79 Å². The van der Waals surface area contributed by atoms with Crippen molar-refractivity contribution in [2.24, 2.45) is 0 Å². The van der Waals surface area contributed by atoms with Gasteiger partial charge in [0.2, 0.25) is 0 Å². The predicted octanol–water partition coefficient (Wildman–Crippen LogP) is 2.51. The van der Waals surface area contributed by atoms with E-state index < -0.39 is 12.1 Å². The van der Waals surface area contributed by atoms with Crippen molar-refractivity contribution in [2.45, 2.75) is 64.6 Å². The van der Waals surface area contributed by atoms with E-state index in [1.54, 1.807) is 19.1 Å². The normalized spacial score (nSPS) is 16.2. The fraction of sp³-hybridized carbons (Fsp3) is 0.588. The van der Waals surface area contributed by atoms with Crippen LogP contribution in [0.15, 0.2) is 18.3 Å². The first kappa shape index (κ1) is 17.2. The first-order valence-corrected chi connectivity index (χ1v) is 8.19. The average Bonchev–Trinajstić information content (AvgIpc) is 3.00. The number of hydrogen-bond donors (Lipinski definition) is 2. The van der Waals surface area contributed by atoms with E-state index in [0.717, 1.165) is 25.7 Å². The van der Waals surface area contributed by atoms with Gasteiger partial charge in [0.05, 0.1) is 5.56 Å². The van der Waals surface area contributed by atoms with Crippen molar-refractivity contribution in [1.82, 2.24) is 10.3 Å². The number of aromatic nitrogens is 1. The minimum absolute atomic E-state index is 0.215. The number of carbonyl (C=O) groups is 2. The topological polar surface area (TPSA) is 80.3 Å². The summed E-state index contributed by atoms with van der Waals surface area (Å²) in [6, 6.07) is 3.84. The van der Waals surface area contributed by atoms with Crippen molar-refractivity contribution in [3.05, 3.63) is 23.9 Å². The highest BCUT2D eigenvalue weighted by atomic mass is 16.5. The molecule has 1 atom stereocenters. The Kier molecular flexibility index (Phi) is 5.96. The van der Waals surface area contributed by atoms with Crippen molar-refractivity contribution in [3.8, 4) is 0 Å². The number of amides is 1. The van der Waals surface area contributed by atoms with Gasteiger partial charge in [0.15, 0.2) is 6.10 Å². The number of nitrogens with zero attached hydrogens (tertiary/aromatic N) is 1. The van der Waals surface area contributed by atoms with Crippen LogP contribution in [0.2, 0.25) is 0 Å². The third-order valence-corrected chi connectivity index (χ3v) is 3.79. The first-order valence-electron chi connectivity index (χ1n) is 8.19. The van der Waals surface area contributed by atoms with E-state index in [9.17, 15) is 9.59 Å². The van der Waals surface area contributed by atoms with Crippen LogP contribution in [0.4, 0.5) is 5.82 Å². The van der Waals surface area contributed by atoms with Gasteiger partial charge in [-0.2, -0.15) is 0 Å². The Hall–Kier alpha value is -2.11. The van der Waals surface area contributed by atoms with Crippen LogP contribution in [-0.4, -0.2) is 35.0 Å².